The molecule has 17 heavy (non-hydrogen) atoms. The Bertz CT molecular complexity index is 411. The number of halogens is 1. The van der Waals surface area contributed by atoms with Crippen LogP contribution < -0.4 is 9.97 Å². The van der Waals surface area contributed by atoms with Crippen molar-refractivity contribution in [2.24, 2.45) is 0 Å². The van der Waals surface area contributed by atoms with Gasteiger partial charge >= 0.3 is 7.32 Å². The maximum Gasteiger partial charge on any atom is 0.707 e. The van der Waals surface area contributed by atoms with Crippen LogP contribution >= 0.6 is 0 Å². The highest BCUT2D eigenvalue weighted by Gasteiger charge is 2.17. The highest BCUT2D eigenvalue weighted by atomic mass is 19.1. The summed E-state index contributed by atoms with van der Waals surface area (Å²) in [5.41, 5.74) is 0.177. The first-order valence-corrected chi connectivity index (χ1v) is 5.03. The van der Waals surface area contributed by atoms with Gasteiger partial charge in [0.05, 0.1) is 0 Å². The highest BCUT2D eigenvalue weighted by molar-refractivity contribution is 6.33. The van der Waals surface area contributed by atoms with Crippen molar-refractivity contribution in [2.75, 3.05) is 0 Å². The first kappa shape index (κ1) is 13.5. The minimum absolute atomic E-state index is 0.0552. The molecule has 0 fully saturated rings. The van der Waals surface area contributed by atoms with Crippen LogP contribution in [0.3, 0.4) is 0 Å². The van der Waals surface area contributed by atoms with E-state index >= 15 is 0 Å². The third kappa shape index (κ3) is 4.05. The van der Waals surface area contributed by atoms with Crippen molar-refractivity contribution in [3.63, 3.8) is 0 Å². The molecule has 92 valence electrons. The summed E-state index contributed by atoms with van der Waals surface area (Å²) in [6.45, 7) is 3.58. The fourth-order valence-corrected chi connectivity index (χ4v) is 1.19. The van der Waals surface area contributed by atoms with E-state index in [1.165, 1.54) is 6.07 Å². The van der Waals surface area contributed by atoms with Crippen LogP contribution in [0, 0.1) is 5.82 Å². The van der Waals surface area contributed by atoms with Crippen LogP contribution in [-0.4, -0.2) is 29.3 Å². The van der Waals surface area contributed by atoms with E-state index in [2.05, 4.69) is 9.97 Å². The van der Waals surface area contributed by atoms with Gasteiger partial charge in [0, 0.05) is 11.6 Å². The third-order valence-corrected chi connectivity index (χ3v) is 1.85. The van der Waals surface area contributed by atoms with Crippen LogP contribution in [0.5, 0.6) is 5.75 Å². The summed E-state index contributed by atoms with van der Waals surface area (Å²) >= 11 is 0. The summed E-state index contributed by atoms with van der Waals surface area (Å²) in [4.78, 5) is 11.6. The summed E-state index contributed by atoms with van der Waals surface area (Å²) in [6, 6.07) is 3.35. The van der Waals surface area contributed by atoms with Crippen molar-refractivity contribution >= 4 is 13.2 Å². The summed E-state index contributed by atoms with van der Waals surface area (Å²) in [7, 11) is -2.13. The minimum Gasteiger partial charge on any atom is -0.510 e. The predicted molar refractivity (Wildman–Crippen MR) is 59.8 cm³/mol. The zero-order valence-electron chi connectivity index (χ0n) is 9.48. The standard InChI is InChI=1S/C10H13BFNO4/c1-6(2)13-10(14)7-3-4-8(12)9(5-7)17-11(15)16/h3-6,15-16H,1-2H3,(H,13,14). The number of hydrogen-bond donors (Lipinski definition) is 3. The van der Waals surface area contributed by atoms with E-state index in [0.29, 0.717) is 0 Å². The van der Waals surface area contributed by atoms with Crippen LogP contribution in [0.2, 0.25) is 0 Å². The molecule has 0 aliphatic carbocycles. The zero-order valence-corrected chi connectivity index (χ0v) is 9.48. The Morgan fingerprint density at radius 1 is 1.47 bits per heavy atom. The first-order chi connectivity index (χ1) is 7.90. The molecule has 7 heteroatoms. The van der Waals surface area contributed by atoms with Gasteiger partial charge in [-0.15, -0.1) is 0 Å². The summed E-state index contributed by atoms with van der Waals surface area (Å²) in [6.07, 6.45) is 0. The molecule has 0 saturated carbocycles. The lowest BCUT2D eigenvalue weighted by atomic mass is 10.1. The molecule has 0 atom stereocenters. The van der Waals surface area contributed by atoms with Gasteiger partial charge in [-0.05, 0) is 32.0 Å². The first-order valence-electron chi connectivity index (χ1n) is 5.03. The van der Waals surface area contributed by atoms with Crippen molar-refractivity contribution in [2.45, 2.75) is 19.9 Å². The Kier molecular flexibility index (Phi) is 4.48. The van der Waals surface area contributed by atoms with E-state index in [-0.39, 0.29) is 11.6 Å². The third-order valence-electron chi connectivity index (χ3n) is 1.85. The largest absolute Gasteiger partial charge is 0.707 e. The molecule has 1 rings (SSSR count). The van der Waals surface area contributed by atoms with E-state index in [4.69, 9.17) is 10.0 Å². The van der Waals surface area contributed by atoms with Gasteiger partial charge in [-0.2, -0.15) is 0 Å². The summed E-state index contributed by atoms with van der Waals surface area (Å²) in [5, 5.41) is 19.8. The van der Waals surface area contributed by atoms with E-state index in [9.17, 15) is 9.18 Å². The number of benzene rings is 1. The van der Waals surface area contributed by atoms with Crippen LogP contribution in [0.25, 0.3) is 0 Å². The van der Waals surface area contributed by atoms with Crippen LogP contribution in [0.15, 0.2) is 18.2 Å². The Morgan fingerprint density at radius 2 is 2.12 bits per heavy atom. The van der Waals surface area contributed by atoms with Gasteiger partial charge in [-0.25, -0.2) is 4.39 Å². The maximum absolute atomic E-state index is 13.2. The van der Waals surface area contributed by atoms with Gasteiger partial charge in [0.2, 0.25) is 0 Å². The quantitative estimate of drug-likeness (QED) is 0.663. The molecular formula is C10H13BFNO4. The predicted octanol–water partition coefficient (Wildman–Crippen LogP) is 0.312. The number of carbonyl (C=O) groups is 1. The molecule has 3 N–H and O–H groups in total. The van der Waals surface area contributed by atoms with E-state index in [1.54, 1.807) is 13.8 Å². The minimum atomic E-state index is -2.13. The summed E-state index contributed by atoms with van der Waals surface area (Å²) < 4.78 is 17.6. The lowest BCUT2D eigenvalue weighted by molar-refractivity contribution is 0.0942. The fourth-order valence-electron chi connectivity index (χ4n) is 1.19. The normalized spacial score (nSPS) is 10.2. The topological polar surface area (TPSA) is 78.8 Å². The molecular weight excluding hydrogens is 228 g/mol. The van der Waals surface area contributed by atoms with E-state index in [0.717, 1.165) is 12.1 Å². The fraction of sp³-hybridized carbons (Fsp3) is 0.300. The monoisotopic (exact) mass is 241 g/mol. The Hall–Kier alpha value is -1.60. The Morgan fingerprint density at radius 3 is 2.65 bits per heavy atom. The van der Waals surface area contributed by atoms with Crippen molar-refractivity contribution in [3.8, 4) is 5.75 Å². The SMILES string of the molecule is CC(C)NC(=O)c1ccc(F)c(OB(O)O)c1. The molecule has 0 aliphatic rings. The van der Waals surface area contributed by atoms with Gasteiger partial charge in [-0.3, -0.25) is 4.79 Å². The number of rotatable bonds is 4. The number of amides is 1. The molecule has 1 amide bonds. The van der Waals surface area contributed by atoms with Gasteiger partial charge in [0.15, 0.2) is 5.82 Å². The molecule has 5 nitrogen and oxygen atoms in total. The number of carbonyl (C=O) groups excluding carboxylic acids is 1. The lowest BCUT2D eigenvalue weighted by Gasteiger charge is -2.10. The van der Waals surface area contributed by atoms with Gasteiger partial charge in [0.1, 0.15) is 5.75 Å². The van der Waals surface area contributed by atoms with Crippen molar-refractivity contribution in [1.82, 2.24) is 5.32 Å². The summed E-state index contributed by atoms with van der Waals surface area (Å²) in [5.74, 6) is -1.56. The maximum atomic E-state index is 13.2. The molecule has 0 unspecified atom stereocenters. The molecule has 0 saturated heterocycles. The second-order valence-electron chi connectivity index (χ2n) is 3.72. The van der Waals surface area contributed by atoms with Crippen LogP contribution in [0.4, 0.5) is 4.39 Å². The van der Waals surface area contributed by atoms with E-state index < -0.39 is 24.8 Å². The second kappa shape index (κ2) is 5.65. The molecule has 0 spiro atoms. The number of nitrogens with one attached hydrogen (secondary N) is 1. The smallest absolute Gasteiger partial charge is 0.510 e. The second-order valence-corrected chi connectivity index (χ2v) is 3.72. The average molecular weight is 241 g/mol. The molecule has 0 radical (unpaired) electrons. The van der Waals surface area contributed by atoms with Crippen LogP contribution in [-0.2, 0) is 0 Å². The van der Waals surface area contributed by atoms with Gasteiger partial charge in [0.25, 0.3) is 5.91 Å². The van der Waals surface area contributed by atoms with Crippen molar-refractivity contribution in [3.05, 3.63) is 29.6 Å². The molecule has 0 aliphatic heterocycles. The van der Waals surface area contributed by atoms with Gasteiger partial charge < -0.3 is 20.0 Å². The lowest BCUT2D eigenvalue weighted by Crippen LogP contribution is -2.30. The van der Waals surface area contributed by atoms with Crippen LogP contribution in [0.1, 0.15) is 24.2 Å². The molecule has 1 aromatic rings. The zero-order chi connectivity index (χ0) is 13.0. The molecule has 1 aromatic carbocycles. The van der Waals surface area contributed by atoms with Crippen molar-refractivity contribution < 1.29 is 23.9 Å². The Balaban J connectivity index is 2.91. The van der Waals surface area contributed by atoms with E-state index in [1.807, 2.05) is 0 Å². The molecule has 0 bridgehead atoms. The number of hydrogen-bond acceptors (Lipinski definition) is 4. The molecule has 0 heterocycles. The Labute approximate surface area is 98.4 Å². The van der Waals surface area contributed by atoms with Crippen molar-refractivity contribution in [1.29, 1.82) is 0 Å². The average Bonchev–Trinajstić information content (AvgIpc) is 2.19. The highest BCUT2D eigenvalue weighted by Crippen LogP contribution is 2.19. The van der Waals surface area contributed by atoms with Gasteiger partial charge in [-0.1, -0.05) is 0 Å². The molecule has 0 aromatic heterocycles.